The molecule has 28 heavy (non-hydrogen) atoms. The van der Waals surface area contributed by atoms with Gasteiger partial charge in [-0.2, -0.15) is 0 Å². The minimum absolute atomic E-state index is 0.0452. The van der Waals surface area contributed by atoms with Crippen LogP contribution in [0.1, 0.15) is 28.6 Å². The van der Waals surface area contributed by atoms with E-state index in [0.717, 1.165) is 22.8 Å². The Morgan fingerprint density at radius 1 is 0.964 bits per heavy atom. The number of nitrogens with zero attached hydrogens (tertiary/aromatic N) is 2. The highest BCUT2D eigenvalue weighted by atomic mass is 16.5. The highest BCUT2D eigenvalue weighted by molar-refractivity contribution is 5.94. The number of furan rings is 1. The van der Waals surface area contributed by atoms with Crippen LogP contribution in [0.5, 0.6) is 5.75 Å². The maximum atomic E-state index is 13.2. The van der Waals surface area contributed by atoms with Crippen LogP contribution in [0.2, 0.25) is 0 Å². The van der Waals surface area contributed by atoms with Crippen molar-refractivity contribution >= 4 is 11.6 Å². The fourth-order valence-electron chi connectivity index (χ4n) is 2.95. The van der Waals surface area contributed by atoms with Crippen LogP contribution in [0.3, 0.4) is 0 Å². The van der Waals surface area contributed by atoms with Crippen molar-refractivity contribution in [2.24, 2.45) is 0 Å². The lowest BCUT2D eigenvalue weighted by Gasteiger charge is -2.23. The number of carbonyl (C=O) groups is 1. The fourth-order valence-corrected chi connectivity index (χ4v) is 2.95. The Bertz CT molecular complexity index is 869. The van der Waals surface area contributed by atoms with E-state index in [0.29, 0.717) is 25.3 Å². The molecule has 146 valence electrons. The number of hydrogen-bond acceptors (Lipinski definition) is 4. The van der Waals surface area contributed by atoms with Gasteiger partial charge in [0.1, 0.15) is 11.5 Å². The topological polar surface area (TPSA) is 45.9 Å². The molecule has 3 rings (SSSR count). The van der Waals surface area contributed by atoms with E-state index < -0.39 is 0 Å². The zero-order valence-electron chi connectivity index (χ0n) is 16.6. The molecule has 0 spiro atoms. The van der Waals surface area contributed by atoms with Gasteiger partial charge in [0.25, 0.3) is 5.91 Å². The number of benzene rings is 2. The van der Waals surface area contributed by atoms with Gasteiger partial charge in [0, 0.05) is 31.9 Å². The Morgan fingerprint density at radius 3 is 2.25 bits per heavy atom. The van der Waals surface area contributed by atoms with Crippen LogP contribution < -0.4 is 9.64 Å². The van der Waals surface area contributed by atoms with Crippen LogP contribution in [-0.4, -0.2) is 31.5 Å². The van der Waals surface area contributed by atoms with E-state index in [1.54, 1.807) is 23.3 Å². The molecule has 5 heteroatoms. The summed E-state index contributed by atoms with van der Waals surface area (Å²) in [6.45, 7) is 3.45. The molecule has 0 saturated carbocycles. The molecule has 0 bridgehead atoms. The van der Waals surface area contributed by atoms with Crippen molar-refractivity contribution in [2.45, 2.75) is 20.0 Å². The van der Waals surface area contributed by atoms with E-state index >= 15 is 0 Å². The third-order valence-corrected chi connectivity index (χ3v) is 4.45. The lowest BCUT2D eigenvalue weighted by Crippen LogP contribution is -2.30. The monoisotopic (exact) mass is 378 g/mol. The smallest absolute Gasteiger partial charge is 0.254 e. The molecule has 3 aromatic rings. The molecule has 0 aliphatic heterocycles. The maximum absolute atomic E-state index is 13.2. The summed E-state index contributed by atoms with van der Waals surface area (Å²) in [5, 5.41) is 0. The van der Waals surface area contributed by atoms with Crippen molar-refractivity contribution < 1.29 is 13.9 Å². The zero-order valence-corrected chi connectivity index (χ0v) is 16.6. The highest BCUT2D eigenvalue weighted by Gasteiger charge is 2.18. The first-order chi connectivity index (χ1) is 13.6. The SMILES string of the molecule is CCOc1ccc(C(=O)N(Cc2ccc(N(C)C)cc2)Cc2ccco2)cc1. The minimum Gasteiger partial charge on any atom is -0.494 e. The number of anilines is 1. The molecule has 0 saturated heterocycles. The van der Waals surface area contributed by atoms with Gasteiger partial charge in [0.05, 0.1) is 19.4 Å². The van der Waals surface area contributed by atoms with Crippen molar-refractivity contribution in [2.75, 3.05) is 25.6 Å². The van der Waals surface area contributed by atoms with E-state index in [1.807, 2.05) is 45.3 Å². The molecule has 0 atom stereocenters. The van der Waals surface area contributed by atoms with Crippen LogP contribution in [0.25, 0.3) is 0 Å². The van der Waals surface area contributed by atoms with Gasteiger partial charge >= 0.3 is 0 Å². The van der Waals surface area contributed by atoms with Gasteiger partial charge in [-0.25, -0.2) is 0 Å². The van der Waals surface area contributed by atoms with Crippen LogP contribution in [-0.2, 0) is 13.1 Å². The molecule has 0 aliphatic carbocycles. The Morgan fingerprint density at radius 2 is 1.68 bits per heavy atom. The normalized spacial score (nSPS) is 10.5. The number of ether oxygens (including phenoxy) is 1. The van der Waals surface area contributed by atoms with Crippen molar-refractivity contribution in [3.63, 3.8) is 0 Å². The first kappa shape index (κ1) is 19.5. The second kappa shape index (κ2) is 9.13. The zero-order chi connectivity index (χ0) is 19.9. The summed E-state index contributed by atoms with van der Waals surface area (Å²) >= 11 is 0. The molecule has 0 N–H and O–H groups in total. The first-order valence-electron chi connectivity index (χ1n) is 9.37. The van der Waals surface area contributed by atoms with Gasteiger partial charge in [-0.05, 0) is 61.0 Å². The Labute approximate surface area is 166 Å². The van der Waals surface area contributed by atoms with Crippen molar-refractivity contribution in [3.05, 3.63) is 83.8 Å². The summed E-state index contributed by atoms with van der Waals surface area (Å²) in [5.41, 5.74) is 2.82. The summed E-state index contributed by atoms with van der Waals surface area (Å²) in [7, 11) is 4.02. The molecule has 0 fully saturated rings. The van der Waals surface area contributed by atoms with Crippen LogP contribution in [0, 0.1) is 0 Å². The summed E-state index contributed by atoms with van der Waals surface area (Å²) < 4.78 is 10.9. The molecule has 2 aromatic carbocycles. The maximum Gasteiger partial charge on any atom is 0.254 e. The molecule has 0 unspecified atom stereocenters. The summed E-state index contributed by atoms with van der Waals surface area (Å²) in [6, 6.07) is 19.2. The molecular formula is C23H26N2O3. The van der Waals surface area contributed by atoms with Gasteiger partial charge in [-0.1, -0.05) is 12.1 Å². The molecule has 0 radical (unpaired) electrons. The molecule has 1 heterocycles. The van der Waals surface area contributed by atoms with Crippen molar-refractivity contribution in [1.82, 2.24) is 4.90 Å². The average Bonchev–Trinajstić information content (AvgIpc) is 3.21. The van der Waals surface area contributed by atoms with E-state index in [9.17, 15) is 4.79 Å². The summed E-state index contributed by atoms with van der Waals surface area (Å²) in [6.07, 6.45) is 1.63. The van der Waals surface area contributed by atoms with Gasteiger partial charge in [-0.3, -0.25) is 4.79 Å². The fraction of sp³-hybridized carbons (Fsp3) is 0.261. The number of carbonyl (C=O) groups excluding carboxylic acids is 1. The van der Waals surface area contributed by atoms with E-state index in [4.69, 9.17) is 9.15 Å². The van der Waals surface area contributed by atoms with Gasteiger partial charge in [0.2, 0.25) is 0 Å². The summed E-state index contributed by atoms with van der Waals surface area (Å²) in [5.74, 6) is 1.47. The summed E-state index contributed by atoms with van der Waals surface area (Å²) in [4.78, 5) is 17.0. The standard InChI is InChI=1S/C23H26N2O3/c1-4-27-21-13-9-19(10-14-21)23(26)25(17-22-6-5-15-28-22)16-18-7-11-20(12-8-18)24(2)3/h5-15H,4,16-17H2,1-3H3. The highest BCUT2D eigenvalue weighted by Crippen LogP contribution is 2.19. The van der Waals surface area contributed by atoms with Crippen LogP contribution >= 0.6 is 0 Å². The van der Waals surface area contributed by atoms with E-state index in [2.05, 4.69) is 29.2 Å². The number of amides is 1. The third-order valence-electron chi connectivity index (χ3n) is 4.45. The predicted molar refractivity (Wildman–Crippen MR) is 111 cm³/mol. The largest absolute Gasteiger partial charge is 0.494 e. The molecule has 0 aliphatic rings. The molecule has 5 nitrogen and oxygen atoms in total. The first-order valence-corrected chi connectivity index (χ1v) is 9.37. The second-order valence-corrected chi connectivity index (χ2v) is 6.76. The van der Waals surface area contributed by atoms with Crippen molar-refractivity contribution in [1.29, 1.82) is 0 Å². The van der Waals surface area contributed by atoms with Crippen LogP contribution in [0.15, 0.2) is 71.3 Å². The van der Waals surface area contributed by atoms with Gasteiger partial charge < -0.3 is 19.0 Å². The van der Waals surface area contributed by atoms with Crippen molar-refractivity contribution in [3.8, 4) is 5.75 Å². The second-order valence-electron chi connectivity index (χ2n) is 6.76. The Balaban J connectivity index is 1.80. The molecule has 1 aromatic heterocycles. The lowest BCUT2D eigenvalue weighted by molar-refractivity contribution is 0.0717. The molecular weight excluding hydrogens is 352 g/mol. The third kappa shape index (κ3) is 4.94. The van der Waals surface area contributed by atoms with Gasteiger partial charge in [0.15, 0.2) is 0 Å². The average molecular weight is 378 g/mol. The quantitative estimate of drug-likeness (QED) is 0.575. The lowest BCUT2D eigenvalue weighted by atomic mass is 10.1. The van der Waals surface area contributed by atoms with E-state index in [-0.39, 0.29) is 5.91 Å². The van der Waals surface area contributed by atoms with Gasteiger partial charge in [-0.15, -0.1) is 0 Å². The van der Waals surface area contributed by atoms with Crippen LogP contribution in [0.4, 0.5) is 5.69 Å². The number of rotatable bonds is 8. The molecule has 1 amide bonds. The Hall–Kier alpha value is -3.21. The Kier molecular flexibility index (Phi) is 6.37. The predicted octanol–water partition coefficient (Wildman–Crippen LogP) is 4.59. The number of hydrogen-bond donors (Lipinski definition) is 0. The minimum atomic E-state index is -0.0452. The van der Waals surface area contributed by atoms with E-state index in [1.165, 1.54) is 0 Å².